The first kappa shape index (κ1) is 15.1. The van der Waals surface area contributed by atoms with Gasteiger partial charge in [-0.25, -0.2) is 0 Å². The molecule has 0 aromatic carbocycles. The molecule has 0 saturated carbocycles. The fourth-order valence-corrected chi connectivity index (χ4v) is 4.26. The maximum Gasteiger partial charge on any atom is 0.0468 e. The lowest BCUT2D eigenvalue weighted by atomic mass is 9.70. The van der Waals surface area contributed by atoms with E-state index in [0.717, 1.165) is 19.1 Å². The first-order chi connectivity index (χ1) is 8.81. The summed E-state index contributed by atoms with van der Waals surface area (Å²) in [6.45, 7) is 13.7. The fraction of sp³-hybridized carbons (Fsp3) is 0.765. The Morgan fingerprint density at radius 2 is 1.79 bits per heavy atom. The van der Waals surface area contributed by atoms with Crippen LogP contribution in [0.3, 0.4) is 0 Å². The van der Waals surface area contributed by atoms with Crippen LogP contribution in [0, 0.1) is 11.3 Å². The van der Waals surface area contributed by atoms with Gasteiger partial charge in [0.15, 0.2) is 0 Å². The molecule has 0 aliphatic carbocycles. The molecule has 1 aliphatic rings. The lowest BCUT2D eigenvalue weighted by Crippen LogP contribution is -2.32. The maximum atomic E-state index is 5.51. The molecule has 0 N–H and O–H groups in total. The van der Waals surface area contributed by atoms with Crippen LogP contribution in [-0.2, 0) is 16.6 Å². The van der Waals surface area contributed by atoms with Gasteiger partial charge in [-0.1, -0.05) is 34.6 Å². The lowest BCUT2D eigenvalue weighted by molar-refractivity contribution is 0.0227. The van der Waals surface area contributed by atoms with Crippen LogP contribution in [0.2, 0.25) is 0 Å². The highest BCUT2D eigenvalue weighted by Gasteiger charge is 2.33. The third-order valence-corrected chi connectivity index (χ3v) is 5.78. The first-order valence-corrected chi connectivity index (χ1v) is 8.33. The highest BCUT2D eigenvalue weighted by Crippen LogP contribution is 2.40. The number of rotatable bonds is 3. The molecule has 2 heterocycles. The highest BCUT2D eigenvalue weighted by atomic mass is 32.1. The van der Waals surface area contributed by atoms with E-state index in [-0.39, 0.29) is 5.41 Å². The van der Waals surface area contributed by atoms with E-state index in [2.05, 4.69) is 46.1 Å². The minimum atomic E-state index is 0.273. The summed E-state index contributed by atoms with van der Waals surface area (Å²) >= 11 is 1.92. The van der Waals surface area contributed by atoms with E-state index < -0.39 is 0 Å². The highest BCUT2D eigenvalue weighted by molar-refractivity contribution is 7.10. The van der Waals surface area contributed by atoms with Crippen LogP contribution in [0.25, 0.3) is 0 Å². The van der Waals surface area contributed by atoms with Crippen LogP contribution in [-0.4, -0.2) is 13.2 Å². The molecule has 0 unspecified atom stereocenters. The van der Waals surface area contributed by atoms with Crippen LogP contribution in [0.15, 0.2) is 11.4 Å². The maximum absolute atomic E-state index is 5.51. The largest absolute Gasteiger partial charge is 0.381 e. The molecule has 0 radical (unpaired) electrons. The summed E-state index contributed by atoms with van der Waals surface area (Å²) in [7, 11) is 0. The predicted molar refractivity (Wildman–Crippen MR) is 84.0 cm³/mol. The molecule has 1 nitrogen and oxygen atoms in total. The Hall–Kier alpha value is -0.340. The average molecular weight is 280 g/mol. The van der Waals surface area contributed by atoms with E-state index in [4.69, 9.17) is 4.74 Å². The zero-order chi connectivity index (χ0) is 14.1. The molecule has 19 heavy (non-hydrogen) atoms. The normalized spacial score (nSPS) is 18.8. The molecule has 1 aliphatic heterocycles. The molecular weight excluding hydrogens is 252 g/mol. The molecule has 1 fully saturated rings. The summed E-state index contributed by atoms with van der Waals surface area (Å²) in [6, 6.07) is 2.34. The van der Waals surface area contributed by atoms with Crippen molar-refractivity contribution in [1.82, 2.24) is 0 Å². The third kappa shape index (κ3) is 3.61. The zero-order valence-electron chi connectivity index (χ0n) is 13.1. The van der Waals surface area contributed by atoms with Gasteiger partial charge in [-0.15, -0.1) is 11.3 Å². The summed E-state index contributed by atoms with van der Waals surface area (Å²) < 4.78 is 5.51. The van der Waals surface area contributed by atoms with Crippen molar-refractivity contribution >= 4 is 11.3 Å². The Bertz CT molecular complexity index is 405. The first-order valence-electron chi connectivity index (χ1n) is 7.45. The number of ether oxygens (including phenoxy) is 1. The van der Waals surface area contributed by atoms with E-state index in [0.29, 0.717) is 5.41 Å². The van der Waals surface area contributed by atoms with Crippen LogP contribution >= 0.6 is 11.3 Å². The number of hydrogen-bond donors (Lipinski definition) is 0. The molecule has 1 saturated heterocycles. The Balaban J connectivity index is 2.13. The Labute approximate surface area is 122 Å². The van der Waals surface area contributed by atoms with Gasteiger partial charge in [0.05, 0.1) is 0 Å². The van der Waals surface area contributed by atoms with Crippen molar-refractivity contribution in [2.24, 2.45) is 11.3 Å². The van der Waals surface area contributed by atoms with Gasteiger partial charge >= 0.3 is 0 Å². The summed E-state index contributed by atoms with van der Waals surface area (Å²) in [6.07, 6.45) is 3.65. The van der Waals surface area contributed by atoms with Crippen molar-refractivity contribution in [3.63, 3.8) is 0 Å². The summed E-state index contributed by atoms with van der Waals surface area (Å²) in [5.74, 6) is 0.800. The van der Waals surface area contributed by atoms with Gasteiger partial charge < -0.3 is 4.74 Å². The fourth-order valence-electron chi connectivity index (χ4n) is 3.25. The standard InChI is InChI=1S/C17H28OS/c1-16(2,3)15-13(8-11-19-15)12-17(4,5)14-6-9-18-10-7-14/h8,11,14H,6-7,9-10,12H2,1-5H3. The van der Waals surface area contributed by atoms with Gasteiger partial charge in [-0.2, -0.15) is 0 Å². The smallest absolute Gasteiger partial charge is 0.0468 e. The Morgan fingerprint density at radius 1 is 1.16 bits per heavy atom. The van der Waals surface area contributed by atoms with Crippen molar-refractivity contribution in [1.29, 1.82) is 0 Å². The Morgan fingerprint density at radius 3 is 2.37 bits per heavy atom. The average Bonchev–Trinajstić information content (AvgIpc) is 2.77. The van der Waals surface area contributed by atoms with Crippen LogP contribution in [0.1, 0.15) is 57.9 Å². The van der Waals surface area contributed by atoms with Crippen molar-refractivity contribution in [3.8, 4) is 0 Å². The number of thiophene rings is 1. The minimum Gasteiger partial charge on any atom is -0.381 e. The molecule has 0 atom stereocenters. The second kappa shape index (κ2) is 5.57. The summed E-state index contributed by atoms with van der Waals surface area (Å²) in [5.41, 5.74) is 2.22. The molecule has 0 bridgehead atoms. The zero-order valence-corrected chi connectivity index (χ0v) is 13.9. The van der Waals surface area contributed by atoms with Gasteiger partial charge in [0.25, 0.3) is 0 Å². The quantitative estimate of drug-likeness (QED) is 0.753. The number of hydrogen-bond acceptors (Lipinski definition) is 2. The SMILES string of the molecule is CC(C)(C)c1sccc1CC(C)(C)C1CCOCC1. The minimum absolute atomic E-state index is 0.273. The predicted octanol–water partition coefficient (Wildman–Crippen LogP) is 5.04. The lowest BCUT2D eigenvalue weighted by Gasteiger charge is -2.37. The summed E-state index contributed by atoms with van der Waals surface area (Å²) in [5, 5.41) is 2.26. The van der Waals surface area contributed by atoms with Crippen LogP contribution < -0.4 is 0 Å². The third-order valence-electron chi connectivity index (χ3n) is 4.40. The monoisotopic (exact) mass is 280 g/mol. The van der Waals surface area contributed by atoms with Crippen LogP contribution in [0.5, 0.6) is 0 Å². The molecule has 1 aromatic heterocycles. The van der Waals surface area contributed by atoms with Crippen molar-refractivity contribution < 1.29 is 4.74 Å². The second-order valence-corrected chi connectivity index (χ2v) is 8.49. The molecule has 1 aromatic rings. The Kier molecular flexibility index (Phi) is 4.42. The van der Waals surface area contributed by atoms with Crippen LogP contribution in [0.4, 0.5) is 0 Å². The second-order valence-electron chi connectivity index (χ2n) is 7.58. The van der Waals surface area contributed by atoms with E-state index in [1.807, 2.05) is 11.3 Å². The van der Waals surface area contributed by atoms with Gasteiger partial charge in [0.1, 0.15) is 0 Å². The van der Waals surface area contributed by atoms with Crippen molar-refractivity contribution in [2.45, 2.75) is 59.3 Å². The summed E-state index contributed by atoms with van der Waals surface area (Å²) in [4.78, 5) is 1.56. The van der Waals surface area contributed by atoms with Gasteiger partial charge in [0.2, 0.25) is 0 Å². The molecule has 0 amide bonds. The van der Waals surface area contributed by atoms with Gasteiger partial charge in [-0.05, 0) is 53.0 Å². The molecule has 108 valence electrons. The van der Waals surface area contributed by atoms with E-state index in [1.54, 1.807) is 10.4 Å². The van der Waals surface area contributed by atoms with Crippen molar-refractivity contribution in [2.75, 3.05) is 13.2 Å². The van der Waals surface area contributed by atoms with E-state index in [9.17, 15) is 0 Å². The topological polar surface area (TPSA) is 9.23 Å². The molecule has 2 rings (SSSR count). The molecular formula is C17H28OS. The van der Waals surface area contributed by atoms with Gasteiger partial charge in [-0.3, -0.25) is 0 Å². The van der Waals surface area contributed by atoms with Crippen molar-refractivity contribution in [3.05, 3.63) is 21.9 Å². The molecule has 0 spiro atoms. The van der Waals surface area contributed by atoms with Gasteiger partial charge in [0, 0.05) is 18.1 Å². The van der Waals surface area contributed by atoms with E-state index >= 15 is 0 Å². The molecule has 2 heteroatoms. The van der Waals surface area contributed by atoms with E-state index in [1.165, 1.54) is 19.3 Å².